The molecule has 2 aromatic rings. The molecular weight excluding hydrogens is 270 g/mol. The van der Waals surface area contributed by atoms with Crippen LogP contribution in [0.25, 0.3) is 0 Å². The molecule has 6 heteroatoms. The highest BCUT2D eigenvalue weighted by atomic mass is 16.4. The summed E-state index contributed by atoms with van der Waals surface area (Å²) in [7, 11) is 0. The second kappa shape index (κ2) is 5.05. The van der Waals surface area contributed by atoms with Gasteiger partial charge in [-0.15, -0.1) is 0 Å². The number of fused-ring (bicyclic) bond motifs is 1. The number of rotatable bonds is 3. The van der Waals surface area contributed by atoms with Crippen LogP contribution in [0, 0.1) is 0 Å². The lowest BCUT2D eigenvalue weighted by Gasteiger charge is -2.22. The van der Waals surface area contributed by atoms with Crippen molar-refractivity contribution in [3.05, 3.63) is 47.8 Å². The molecule has 1 unspecified atom stereocenters. The molecule has 108 valence electrons. The number of carbonyl (C=O) groups is 2. The molecule has 1 atom stereocenters. The third-order valence-electron chi connectivity index (χ3n) is 3.77. The van der Waals surface area contributed by atoms with Crippen molar-refractivity contribution in [2.45, 2.75) is 19.4 Å². The standard InChI is InChI=1S/C15H15N3O3/c1-10(18-7-2-6-16-18)14(19)17-8-5-11-9-12(15(20)21)3-4-13(11)17/h2-4,6-7,9-10H,5,8H2,1H3,(H,20,21). The summed E-state index contributed by atoms with van der Waals surface area (Å²) in [6, 6.07) is 6.28. The van der Waals surface area contributed by atoms with Gasteiger partial charge in [-0.2, -0.15) is 5.10 Å². The molecule has 6 nitrogen and oxygen atoms in total. The summed E-state index contributed by atoms with van der Waals surface area (Å²) in [6.45, 7) is 2.38. The number of amides is 1. The number of hydrogen-bond donors (Lipinski definition) is 1. The third-order valence-corrected chi connectivity index (χ3v) is 3.77. The zero-order valence-electron chi connectivity index (χ0n) is 11.6. The second-order valence-electron chi connectivity index (χ2n) is 5.05. The Bertz CT molecular complexity index is 694. The SMILES string of the molecule is CC(C(=O)N1CCc2cc(C(=O)O)ccc21)n1cccn1. The molecule has 0 saturated carbocycles. The Labute approximate surface area is 121 Å². The van der Waals surface area contributed by atoms with Crippen LogP contribution in [0.5, 0.6) is 0 Å². The summed E-state index contributed by atoms with van der Waals surface area (Å²) in [6.07, 6.45) is 4.07. The lowest BCUT2D eigenvalue weighted by Crippen LogP contribution is -2.35. The molecule has 0 spiro atoms. The van der Waals surface area contributed by atoms with Gasteiger partial charge in [0.1, 0.15) is 6.04 Å². The van der Waals surface area contributed by atoms with Crippen LogP contribution < -0.4 is 4.90 Å². The molecule has 1 aliphatic rings. The van der Waals surface area contributed by atoms with E-state index in [1.165, 1.54) is 6.07 Å². The number of aromatic nitrogens is 2. The van der Waals surface area contributed by atoms with Gasteiger partial charge in [0.25, 0.3) is 5.91 Å². The maximum absolute atomic E-state index is 12.6. The van der Waals surface area contributed by atoms with Crippen molar-refractivity contribution in [2.75, 3.05) is 11.4 Å². The lowest BCUT2D eigenvalue weighted by atomic mass is 10.1. The molecule has 0 radical (unpaired) electrons. The molecule has 0 aliphatic carbocycles. The summed E-state index contributed by atoms with van der Waals surface area (Å²) in [5, 5.41) is 13.1. The fourth-order valence-corrected chi connectivity index (χ4v) is 2.61. The molecule has 1 aliphatic heterocycles. The van der Waals surface area contributed by atoms with Crippen LogP contribution in [0.3, 0.4) is 0 Å². The van der Waals surface area contributed by atoms with E-state index in [2.05, 4.69) is 5.10 Å². The smallest absolute Gasteiger partial charge is 0.335 e. The van der Waals surface area contributed by atoms with Crippen molar-refractivity contribution in [1.82, 2.24) is 9.78 Å². The minimum absolute atomic E-state index is 0.0412. The second-order valence-corrected chi connectivity index (χ2v) is 5.05. The molecule has 2 heterocycles. The van der Waals surface area contributed by atoms with E-state index in [1.54, 1.807) is 47.1 Å². The fourth-order valence-electron chi connectivity index (χ4n) is 2.61. The zero-order chi connectivity index (χ0) is 15.0. The van der Waals surface area contributed by atoms with Crippen LogP contribution in [0.1, 0.15) is 28.9 Å². The van der Waals surface area contributed by atoms with Crippen molar-refractivity contribution in [1.29, 1.82) is 0 Å². The topological polar surface area (TPSA) is 75.4 Å². The Balaban J connectivity index is 1.87. The van der Waals surface area contributed by atoms with E-state index in [1.807, 2.05) is 0 Å². The zero-order valence-corrected chi connectivity index (χ0v) is 11.6. The maximum Gasteiger partial charge on any atom is 0.335 e. The number of carboxylic acids is 1. The molecular formula is C15H15N3O3. The molecule has 1 N–H and O–H groups in total. The Morgan fingerprint density at radius 1 is 1.38 bits per heavy atom. The van der Waals surface area contributed by atoms with Gasteiger partial charge in [-0.25, -0.2) is 4.79 Å². The number of carboxylic acid groups (broad SMARTS) is 1. The molecule has 1 aromatic carbocycles. The fraction of sp³-hybridized carbons (Fsp3) is 0.267. The van der Waals surface area contributed by atoms with Crippen LogP contribution in [0.2, 0.25) is 0 Å². The number of aromatic carboxylic acids is 1. The first-order chi connectivity index (χ1) is 10.1. The number of hydrogen-bond acceptors (Lipinski definition) is 3. The Morgan fingerprint density at radius 3 is 2.86 bits per heavy atom. The molecule has 0 bridgehead atoms. The van der Waals surface area contributed by atoms with Crippen molar-refractivity contribution >= 4 is 17.6 Å². The molecule has 21 heavy (non-hydrogen) atoms. The average Bonchev–Trinajstić information content (AvgIpc) is 3.14. The van der Waals surface area contributed by atoms with Crippen molar-refractivity contribution in [3.8, 4) is 0 Å². The molecule has 1 amide bonds. The number of nitrogens with zero attached hydrogens (tertiary/aromatic N) is 3. The van der Waals surface area contributed by atoms with Gasteiger partial charge in [-0.3, -0.25) is 9.48 Å². The van der Waals surface area contributed by atoms with E-state index in [4.69, 9.17) is 5.11 Å². The number of carbonyl (C=O) groups excluding carboxylic acids is 1. The third kappa shape index (κ3) is 2.29. The van der Waals surface area contributed by atoms with Gasteiger partial charge < -0.3 is 10.0 Å². The minimum Gasteiger partial charge on any atom is -0.478 e. The van der Waals surface area contributed by atoms with Crippen LogP contribution >= 0.6 is 0 Å². The largest absolute Gasteiger partial charge is 0.478 e. The predicted molar refractivity (Wildman–Crippen MR) is 76.4 cm³/mol. The summed E-state index contributed by atoms with van der Waals surface area (Å²) in [5.74, 6) is -0.993. The highest BCUT2D eigenvalue weighted by Crippen LogP contribution is 2.30. The van der Waals surface area contributed by atoms with Crippen molar-refractivity contribution < 1.29 is 14.7 Å². The van der Waals surface area contributed by atoms with Gasteiger partial charge in [0.05, 0.1) is 5.56 Å². The van der Waals surface area contributed by atoms with Gasteiger partial charge in [-0.05, 0) is 43.2 Å². The molecule has 3 rings (SSSR count). The Hall–Kier alpha value is -2.63. The first-order valence-corrected chi connectivity index (χ1v) is 6.74. The van der Waals surface area contributed by atoms with E-state index in [0.29, 0.717) is 13.0 Å². The van der Waals surface area contributed by atoms with Crippen LogP contribution in [-0.4, -0.2) is 33.3 Å². The molecule has 0 fully saturated rings. The first kappa shape index (κ1) is 13.4. The first-order valence-electron chi connectivity index (χ1n) is 6.74. The monoisotopic (exact) mass is 285 g/mol. The average molecular weight is 285 g/mol. The highest BCUT2D eigenvalue weighted by Gasteiger charge is 2.29. The summed E-state index contributed by atoms with van der Waals surface area (Å²) in [5.41, 5.74) is 1.95. The van der Waals surface area contributed by atoms with Gasteiger partial charge in [-0.1, -0.05) is 0 Å². The van der Waals surface area contributed by atoms with Gasteiger partial charge in [0.2, 0.25) is 0 Å². The van der Waals surface area contributed by atoms with Gasteiger partial charge in [0.15, 0.2) is 0 Å². The lowest BCUT2D eigenvalue weighted by molar-refractivity contribution is -0.121. The van der Waals surface area contributed by atoms with Crippen LogP contribution in [-0.2, 0) is 11.2 Å². The van der Waals surface area contributed by atoms with E-state index in [-0.39, 0.29) is 17.5 Å². The highest BCUT2D eigenvalue weighted by molar-refractivity contribution is 5.98. The summed E-state index contributed by atoms with van der Waals surface area (Å²) >= 11 is 0. The maximum atomic E-state index is 12.6. The van der Waals surface area contributed by atoms with E-state index in [9.17, 15) is 9.59 Å². The predicted octanol–water partition coefficient (Wildman–Crippen LogP) is 1.73. The number of anilines is 1. The van der Waals surface area contributed by atoms with E-state index >= 15 is 0 Å². The quantitative estimate of drug-likeness (QED) is 0.932. The van der Waals surface area contributed by atoms with Crippen LogP contribution in [0.15, 0.2) is 36.7 Å². The minimum atomic E-state index is -0.951. The van der Waals surface area contributed by atoms with E-state index < -0.39 is 5.97 Å². The van der Waals surface area contributed by atoms with Crippen LogP contribution in [0.4, 0.5) is 5.69 Å². The van der Waals surface area contributed by atoms with Gasteiger partial charge in [0, 0.05) is 24.6 Å². The van der Waals surface area contributed by atoms with Gasteiger partial charge >= 0.3 is 5.97 Å². The molecule has 0 saturated heterocycles. The summed E-state index contributed by atoms with van der Waals surface area (Å²) < 4.78 is 1.62. The normalized spacial score (nSPS) is 14.8. The van der Waals surface area contributed by atoms with Crippen molar-refractivity contribution in [3.63, 3.8) is 0 Å². The number of benzene rings is 1. The summed E-state index contributed by atoms with van der Waals surface area (Å²) in [4.78, 5) is 25.3. The Kier molecular flexibility index (Phi) is 3.21. The Morgan fingerprint density at radius 2 is 2.19 bits per heavy atom. The van der Waals surface area contributed by atoms with Crippen molar-refractivity contribution in [2.24, 2.45) is 0 Å². The molecule has 1 aromatic heterocycles. The van der Waals surface area contributed by atoms with E-state index in [0.717, 1.165) is 11.3 Å².